The minimum atomic E-state index is 0.587. The molecule has 0 saturated carbocycles. The average Bonchev–Trinajstić information content (AvgIpc) is 2.16. The Morgan fingerprint density at radius 3 is 2.77 bits per heavy atom. The van der Waals surface area contributed by atoms with Crippen LogP contribution in [0.25, 0.3) is 0 Å². The summed E-state index contributed by atoms with van der Waals surface area (Å²) in [6, 6.07) is 8.35. The molecule has 0 aliphatic heterocycles. The molecule has 0 atom stereocenters. The van der Waals surface area contributed by atoms with Crippen molar-refractivity contribution in [1.82, 2.24) is 0 Å². The number of benzene rings is 1. The van der Waals surface area contributed by atoms with Crippen molar-refractivity contribution < 1.29 is 0 Å². The Balaban J connectivity index is 2.81. The van der Waals surface area contributed by atoms with Gasteiger partial charge in [0.1, 0.15) is 0 Å². The maximum atomic E-state index is 8.44. The van der Waals surface area contributed by atoms with Gasteiger partial charge in [-0.15, -0.1) is 0 Å². The van der Waals surface area contributed by atoms with Crippen LogP contribution in [-0.2, 0) is 11.8 Å². The van der Waals surface area contributed by atoms with Gasteiger partial charge in [0.2, 0.25) is 0 Å². The van der Waals surface area contributed by atoms with E-state index in [2.05, 4.69) is 44.0 Å². The van der Waals surface area contributed by atoms with E-state index >= 15 is 0 Å². The van der Waals surface area contributed by atoms with Gasteiger partial charge in [-0.25, -0.2) is 0 Å². The van der Waals surface area contributed by atoms with Crippen LogP contribution in [0.4, 0.5) is 0 Å². The standard InChI is InChI=1S/C10H9Br2N/c11-7-9-6-8(2-1-5-13)3-4-10(9)12/h3-4,6H,1-2,7H2. The van der Waals surface area contributed by atoms with Crippen LogP contribution in [0, 0.1) is 11.3 Å². The van der Waals surface area contributed by atoms with Gasteiger partial charge >= 0.3 is 0 Å². The van der Waals surface area contributed by atoms with E-state index in [0.29, 0.717) is 6.42 Å². The van der Waals surface area contributed by atoms with Gasteiger partial charge in [0.05, 0.1) is 6.07 Å². The number of hydrogen-bond acceptors (Lipinski definition) is 1. The molecule has 0 unspecified atom stereocenters. The summed E-state index contributed by atoms with van der Waals surface area (Å²) in [5, 5.41) is 9.28. The minimum absolute atomic E-state index is 0.587. The van der Waals surface area contributed by atoms with Gasteiger partial charge in [0, 0.05) is 16.2 Å². The van der Waals surface area contributed by atoms with Gasteiger partial charge < -0.3 is 0 Å². The van der Waals surface area contributed by atoms with Gasteiger partial charge in [0.15, 0.2) is 0 Å². The highest BCUT2D eigenvalue weighted by molar-refractivity contribution is 9.10. The molecule has 13 heavy (non-hydrogen) atoms. The van der Waals surface area contributed by atoms with E-state index in [-0.39, 0.29) is 0 Å². The molecule has 0 fully saturated rings. The summed E-state index contributed by atoms with van der Waals surface area (Å²) in [5.41, 5.74) is 2.45. The maximum absolute atomic E-state index is 8.44. The fourth-order valence-electron chi connectivity index (χ4n) is 1.09. The monoisotopic (exact) mass is 301 g/mol. The number of hydrogen-bond donors (Lipinski definition) is 0. The summed E-state index contributed by atoms with van der Waals surface area (Å²) < 4.78 is 1.12. The lowest BCUT2D eigenvalue weighted by molar-refractivity contribution is 1.01. The van der Waals surface area contributed by atoms with Gasteiger partial charge in [-0.2, -0.15) is 5.26 Å². The van der Waals surface area contributed by atoms with E-state index in [1.165, 1.54) is 11.1 Å². The Labute approximate surface area is 95.0 Å². The Bertz CT molecular complexity index is 328. The summed E-state index contributed by atoms with van der Waals surface area (Å²) in [7, 11) is 0. The van der Waals surface area contributed by atoms with E-state index in [4.69, 9.17) is 5.26 Å². The van der Waals surface area contributed by atoms with Crippen molar-refractivity contribution >= 4 is 31.9 Å². The zero-order valence-corrected chi connectivity index (χ0v) is 10.2. The lowest BCUT2D eigenvalue weighted by atomic mass is 10.1. The number of halogens is 2. The number of rotatable bonds is 3. The Hall–Kier alpha value is -0.330. The molecular formula is C10H9Br2N. The molecule has 68 valence electrons. The summed E-state index contributed by atoms with van der Waals surface area (Å²) in [5.74, 6) is 0. The summed E-state index contributed by atoms with van der Waals surface area (Å²) in [6.07, 6.45) is 1.42. The predicted octanol–water partition coefficient (Wildman–Crippen LogP) is 3.80. The van der Waals surface area contributed by atoms with Crippen molar-refractivity contribution in [1.29, 1.82) is 5.26 Å². The highest BCUT2D eigenvalue weighted by Gasteiger charge is 1.99. The van der Waals surface area contributed by atoms with Gasteiger partial charge in [-0.05, 0) is 23.6 Å². The van der Waals surface area contributed by atoms with E-state index < -0.39 is 0 Å². The van der Waals surface area contributed by atoms with Gasteiger partial charge in [-0.1, -0.05) is 44.0 Å². The first-order valence-corrected chi connectivity index (χ1v) is 5.89. The third kappa shape index (κ3) is 3.13. The maximum Gasteiger partial charge on any atom is 0.0625 e. The second-order valence-corrected chi connectivity index (χ2v) is 4.13. The molecule has 1 nitrogen and oxygen atoms in total. The molecule has 0 spiro atoms. The molecule has 0 saturated heterocycles. The number of alkyl halides is 1. The van der Waals surface area contributed by atoms with Crippen molar-refractivity contribution in [3.63, 3.8) is 0 Å². The van der Waals surface area contributed by atoms with E-state index in [9.17, 15) is 0 Å². The quantitative estimate of drug-likeness (QED) is 0.779. The van der Waals surface area contributed by atoms with Crippen LogP contribution in [0.5, 0.6) is 0 Å². The lowest BCUT2D eigenvalue weighted by Crippen LogP contribution is -1.87. The summed E-state index contributed by atoms with van der Waals surface area (Å²) >= 11 is 6.88. The van der Waals surface area contributed by atoms with Crippen LogP contribution in [0.15, 0.2) is 22.7 Å². The van der Waals surface area contributed by atoms with Gasteiger partial charge in [-0.3, -0.25) is 0 Å². The molecule has 0 amide bonds. The number of nitrogens with zero attached hydrogens (tertiary/aromatic N) is 1. The Morgan fingerprint density at radius 2 is 2.15 bits per heavy atom. The van der Waals surface area contributed by atoms with Crippen molar-refractivity contribution in [3.8, 4) is 6.07 Å². The van der Waals surface area contributed by atoms with Crippen molar-refractivity contribution in [2.75, 3.05) is 0 Å². The van der Waals surface area contributed by atoms with Crippen molar-refractivity contribution in [2.45, 2.75) is 18.2 Å². The van der Waals surface area contributed by atoms with Crippen LogP contribution in [0.3, 0.4) is 0 Å². The first-order chi connectivity index (χ1) is 6.27. The molecule has 1 rings (SSSR count). The molecule has 0 aliphatic rings. The fraction of sp³-hybridized carbons (Fsp3) is 0.300. The highest BCUT2D eigenvalue weighted by atomic mass is 79.9. The SMILES string of the molecule is N#CCCc1ccc(Br)c(CBr)c1. The van der Waals surface area contributed by atoms with Crippen LogP contribution in [0.1, 0.15) is 17.5 Å². The molecule has 0 heterocycles. The Morgan fingerprint density at radius 1 is 1.38 bits per heavy atom. The fourth-order valence-corrected chi connectivity index (χ4v) is 2.31. The highest BCUT2D eigenvalue weighted by Crippen LogP contribution is 2.21. The third-order valence-corrected chi connectivity index (χ3v) is 3.16. The molecule has 0 radical (unpaired) electrons. The van der Waals surface area contributed by atoms with Crippen molar-refractivity contribution in [3.05, 3.63) is 33.8 Å². The van der Waals surface area contributed by atoms with Crippen molar-refractivity contribution in [2.24, 2.45) is 0 Å². The van der Waals surface area contributed by atoms with Gasteiger partial charge in [0.25, 0.3) is 0 Å². The molecular weight excluding hydrogens is 294 g/mol. The molecule has 1 aromatic rings. The summed E-state index contributed by atoms with van der Waals surface area (Å²) in [6.45, 7) is 0. The number of aryl methyl sites for hydroxylation is 1. The topological polar surface area (TPSA) is 23.8 Å². The smallest absolute Gasteiger partial charge is 0.0625 e. The number of nitriles is 1. The normalized spacial score (nSPS) is 9.62. The molecule has 3 heteroatoms. The Kier molecular flexibility index (Phi) is 4.47. The molecule has 1 aromatic carbocycles. The first kappa shape index (κ1) is 10.7. The first-order valence-electron chi connectivity index (χ1n) is 3.98. The largest absolute Gasteiger partial charge is 0.198 e. The minimum Gasteiger partial charge on any atom is -0.198 e. The lowest BCUT2D eigenvalue weighted by Gasteiger charge is -2.03. The van der Waals surface area contributed by atoms with E-state index in [0.717, 1.165) is 16.2 Å². The third-order valence-electron chi connectivity index (χ3n) is 1.78. The average molecular weight is 303 g/mol. The van der Waals surface area contributed by atoms with Crippen LogP contribution < -0.4 is 0 Å². The van der Waals surface area contributed by atoms with Crippen LogP contribution >= 0.6 is 31.9 Å². The second kappa shape index (κ2) is 5.41. The molecule has 0 N–H and O–H groups in total. The second-order valence-electron chi connectivity index (χ2n) is 2.72. The summed E-state index contributed by atoms with van der Waals surface area (Å²) in [4.78, 5) is 0. The van der Waals surface area contributed by atoms with Crippen LogP contribution in [0.2, 0.25) is 0 Å². The van der Waals surface area contributed by atoms with E-state index in [1.807, 2.05) is 12.1 Å². The molecule has 0 bridgehead atoms. The van der Waals surface area contributed by atoms with E-state index in [1.54, 1.807) is 0 Å². The van der Waals surface area contributed by atoms with Crippen LogP contribution in [-0.4, -0.2) is 0 Å². The zero-order valence-electron chi connectivity index (χ0n) is 7.06. The predicted molar refractivity (Wildman–Crippen MR) is 60.7 cm³/mol. The molecule has 0 aliphatic carbocycles. The molecule has 0 aromatic heterocycles. The zero-order chi connectivity index (χ0) is 9.68.